The highest BCUT2D eigenvalue weighted by atomic mass is 16.5. The van der Waals surface area contributed by atoms with Gasteiger partial charge in [-0.05, 0) is 51.0 Å². The fourth-order valence-corrected chi connectivity index (χ4v) is 2.42. The molecule has 0 N–H and O–H groups in total. The van der Waals surface area contributed by atoms with E-state index in [9.17, 15) is 4.79 Å². The van der Waals surface area contributed by atoms with E-state index in [0.29, 0.717) is 5.92 Å². The summed E-state index contributed by atoms with van der Waals surface area (Å²) in [6.07, 6.45) is 3.59. The fourth-order valence-electron chi connectivity index (χ4n) is 2.42. The van der Waals surface area contributed by atoms with Gasteiger partial charge < -0.3 is 4.74 Å². The van der Waals surface area contributed by atoms with Gasteiger partial charge in [0.05, 0.1) is 12.5 Å². The molecule has 1 aliphatic carbocycles. The van der Waals surface area contributed by atoms with Gasteiger partial charge in [-0.2, -0.15) is 0 Å². The van der Waals surface area contributed by atoms with Crippen LogP contribution < -0.4 is 0 Å². The minimum Gasteiger partial charge on any atom is -0.469 e. The number of esters is 1. The van der Waals surface area contributed by atoms with Gasteiger partial charge >= 0.3 is 5.97 Å². The van der Waals surface area contributed by atoms with Crippen molar-refractivity contribution in [3.05, 3.63) is 10.4 Å². The summed E-state index contributed by atoms with van der Waals surface area (Å²) in [6.45, 7) is 3.86. The molecule has 5 heteroatoms. The molecule has 0 saturated heterocycles. The summed E-state index contributed by atoms with van der Waals surface area (Å²) in [6, 6.07) is 0.106. The molecular weight excluding hydrogens is 206 g/mol. The van der Waals surface area contributed by atoms with Crippen molar-refractivity contribution >= 4 is 5.97 Å². The smallest absolute Gasteiger partial charge is 0.311 e. The molecule has 0 radical (unpaired) electrons. The molecule has 1 fully saturated rings. The second-order valence-corrected chi connectivity index (χ2v) is 4.92. The Morgan fingerprint density at radius 3 is 2.38 bits per heavy atom. The molecule has 1 aliphatic rings. The van der Waals surface area contributed by atoms with Crippen LogP contribution in [-0.2, 0) is 9.53 Å². The van der Waals surface area contributed by atoms with Crippen molar-refractivity contribution in [3.8, 4) is 0 Å². The number of rotatable bonds is 3. The van der Waals surface area contributed by atoms with Gasteiger partial charge in [-0.25, -0.2) is 0 Å². The van der Waals surface area contributed by atoms with Crippen molar-refractivity contribution in [2.75, 3.05) is 7.11 Å². The molecule has 16 heavy (non-hydrogen) atoms. The standard InChI is InChI=1S/C11H19N3O2/c1-11(2,10(15)16-3)8-4-6-9(7-5-8)13-14-12/h8-9H,4-7H2,1-3H3/t8-,9-. The van der Waals surface area contributed by atoms with Crippen molar-refractivity contribution in [1.82, 2.24) is 0 Å². The Morgan fingerprint density at radius 2 is 1.94 bits per heavy atom. The summed E-state index contributed by atoms with van der Waals surface area (Å²) in [4.78, 5) is 14.5. The second-order valence-electron chi connectivity index (χ2n) is 4.92. The van der Waals surface area contributed by atoms with Gasteiger partial charge in [0.15, 0.2) is 0 Å². The molecule has 1 rings (SSSR count). The summed E-state index contributed by atoms with van der Waals surface area (Å²) in [7, 11) is 1.43. The topological polar surface area (TPSA) is 75.1 Å². The lowest BCUT2D eigenvalue weighted by Gasteiger charge is -2.36. The van der Waals surface area contributed by atoms with Crippen molar-refractivity contribution in [2.24, 2.45) is 16.4 Å². The quantitative estimate of drug-likeness (QED) is 0.320. The van der Waals surface area contributed by atoms with Gasteiger partial charge in [-0.1, -0.05) is 5.11 Å². The minimum absolute atomic E-state index is 0.106. The first-order valence-electron chi connectivity index (χ1n) is 5.65. The van der Waals surface area contributed by atoms with Crippen molar-refractivity contribution in [3.63, 3.8) is 0 Å². The Labute approximate surface area is 95.8 Å². The van der Waals surface area contributed by atoms with Crippen LogP contribution in [-0.4, -0.2) is 19.1 Å². The van der Waals surface area contributed by atoms with E-state index in [2.05, 4.69) is 10.0 Å². The Bertz CT molecular complexity index is 300. The van der Waals surface area contributed by atoms with Gasteiger partial charge in [-0.15, -0.1) is 0 Å². The lowest BCUT2D eigenvalue weighted by molar-refractivity contribution is -0.154. The molecule has 0 aromatic heterocycles. The maximum absolute atomic E-state index is 11.6. The number of carbonyl (C=O) groups excluding carboxylic acids is 1. The molecule has 0 aliphatic heterocycles. The van der Waals surface area contributed by atoms with Crippen LogP contribution in [0.1, 0.15) is 39.5 Å². The molecule has 0 aromatic rings. The number of hydrogen-bond donors (Lipinski definition) is 0. The van der Waals surface area contributed by atoms with Crippen LogP contribution in [0.2, 0.25) is 0 Å². The molecule has 5 nitrogen and oxygen atoms in total. The van der Waals surface area contributed by atoms with Crippen molar-refractivity contribution in [1.29, 1.82) is 0 Å². The first kappa shape index (κ1) is 12.8. The normalized spacial score (nSPS) is 25.7. The lowest BCUT2D eigenvalue weighted by atomic mass is 9.70. The summed E-state index contributed by atoms with van der Waals surface area (Å²) in [5, 5.41) is 3.73. The fraction of sp³-hybridized carbons (Fsp3) is 0.909. The largest absolute Gasteiger partial charge is 0.469 e. The third kappa shape index (κ3) is 2.67. The molecule has 0 atom stereocenters. The highest BCUT2D eigenvalue weighted by Gasteiger charge is 2.39. The molecule has 0 heterocycles. The molecule has 0 spiro atoms. The van der Waals surface area contributed by atoms with Gasteiger partial charge in [0.2, 0.25) is 0 Å². The van der Waals surface area contributed by atoms with Crippen LogP contribution in [0.3, 0.4) is 0 Å². The summed E-state index contributed by atoms with van der Waals surface area (Å²) >= 11 is 0. The van der Waals surface area contributed by atoms with E-state index in [1.54, 1.807) is 0 Å². The first-order chi connectivity index (χ1) is 7.52. The zero-order valence-corrected chi connectivity index (χ0v) is 10.1. The Hall–Kier alpha value is -1.22. The predicted molar refractivity (Wildman–Crippen MR) is 60.7 cm³/mol. The third-order valence-corrected chi connectivity index (χ3v) is 3.64. The van der Waals surface area contributed by atoms with E-state index in [1.165, 1.54) is 7.11 Å². The predicted octanol–water partition coefficient (Wildman–Crippen LogP) is 3.05. The highest BCUT2D eigenvalue weighted by molar-refractivity contribution is 5.76. The molecule has 0 bridgehead atoms. The molecule has 0 aromatic carbocycles. The van der Waals surface area contributed by atoms with E-state index in [4.69, 9.17) is 10.3 Å². The van der Waals surface area contributed by atoms with Crippen LogP contribution in [0.15, 0.2) is 5.11 Å². The number of ether oxygens (including phenoxy) is 1. The number of hydrogen-bond acceptors (Lipinski definition) is 3. The average molecular weight is 225 g/mol. The Balaban J connectivity index is 2.59. The first-order valence-corrected chi connectivity index (χ1v) is 5.65. The van der Waals surface area contributed by atoms with Gasteiger partial charge in [0.1, 0.15) is 0 Å². The Kier molecular flexibility index (Phi) is 4.19. The van der Waals surface area contributed by atoms with E-state index in [1.807, 2.05) is 13.8 Å². The van der Waals surface area contributed by atoms with E-state index >= 15 is 0 Å². The van der Waals surface area contributed by atoms with Gasteiger partial charge in [-0.3, -0.25) is 4.79 Å². The van der Waals surface area contributed by atoms with E-state index < -0.39 is 5.41 Å². The van der Waals surface area contributed by atoms with Crippen molar-refractivity contribution in [2.45, 2.75) is 45.6 Å². The maximum atomic E-state index is 11.6. The summed E-state index contributed by atoms with van der Waals surface area (Å²) in [5.74, 6) is 0.171. The van der Waals surface area contributed by atoms with Crippen LogP contribution in [0, 0.1) is 11.3 Å². The minimum atomic E-state index is -0.434. The molecule has 1 saturated carbocycles. The number of azide groups is 1. The molecule has 90 valence electrons. The summed E-state index contributed by atoms with van der Waals surface area (Å²) in [5.41, 5.74) is 7.92. The molecular formula is C11H19N3O2. The van der Waals surface area contributed by atoms with E-state index in [-0.39, 0.29) is 12.0 Å². The zero-order chi connectivity index (χ0) is 12.2. The van der Waals surface area contributed by atoms with Crippen LogP contribution >= 0.6 is 0 Å². The van der Waals surface area contributed by atoms with Crippen LogP contribution in [0.25, 0.3) is 10.4 Å². The van der Waals surface area contributed by atoms with Gasteiger partial charge in [0.25, 0.3) is 0 Å². The van der Waals surface area contributed by atoms with Gasteiger partial charge in [0, 0.05) is 11.0 Å². The highest BCUT2D eigenvalue weighted by Crippen LogP contribution is 2.39. The molecule has 0 amide bonds. The molecule has 0 unspecified atom stereocenters. The average Bonchev–Trinajstić information content (AvgIpc) is 2.29. The number of methoxy groups -OCH3 is 1. The summed E-state index contributed by atoms with van der Waals surface area (Å²) < 4.78 is 4.82. The maximum Gasteiger partial charge on any atom is 0.311 e. The second kappa shape index (κ2) is 5.21. The Morgan fingerprint density at radius 1 is 1.38 bits per heavy atom. The number of carbonyl (C=O) groups is 1. The SMILES string of the molecule is COC(=O)C(C)(C)[C@H]1CC[C@H](N=[N+]=[N-])CC1. The third-order valence-electron chi connectivity index (χ3n) is 3.64. The zero-order valence-electron chi connectivity index (χ0n) is 10.1. The lowest BCUT2D eigenvalue weighted by Crippen LogP contribution is -2.36. The van der Waals surface area contributed by atoms with Crippen LogP contribution in [0.5, 0.6) is 0 Å². The van der Waals surface area contributed by atoms with E-state index in [0.717, 1.165) is 25.7 Å². The monoisotopic (exact) mass is 225 g/mol. The van der Waals surface area contributed by atoms with Crippen molar-refractivity contribution < 1.29 is 9.53 Å². The van der Waals surface area contributed by atoms with Crippen LogP contribution in [0.4, 0.5) is 0 Å². The number of nitrogens with zero attached hydrogens (tertiary/aromatic N) is 3.